The number of fused-ring (bicyclic) bond motifs is 1. The molecule has 1 saturated heterocycles. The summed E-state index contributed by atoms with van der Waals surface area (Å²) >= 11 is 0. The molecule has 2 atom stereocenters. The molecule has 0 amide bonds. The number of nitrogens with zero attached hydrogens (tertiary/aromatic N) is 5. The Morgan fingerprint density at radius 1 is 1.21 bits per heavy atom. The minimum Gasteiger partial charge on any atom is -0.394 e. The molecule has 28 heavy (non-hydrogen) atoms. The first-order valence-electron chi connectivity index (χ1n) is 9.33. The number of aliphatic hydroxyl groups excluding tert-OH is 1. The number of aliphatic hydroxyl groups is 1. The van der Waals surface area contributed by atoms with E-state index in [1.165, 1.54) is 11.9 Å². The van der Waals surface area contributed by atoms with Crippen molar-refractivity contribution >= 4 is 17.0 Å². The van der Waals surface area contributed by atoms with Crippen LogP contribution in [0.5, 0.6) is 0 Å². The summed E-state index contributed by atoms with van der Waals surface area (Å²) in [5, 5.41) is 12.9. The highest BCUT2D eigenvalue weighted by Crippen LogP contribution is 2.26. The molecule has 2 aromatic heterocycles. The maximum Gasteiger partial charge on any atom is 0.167 e. The summed E-state index contributed by atoms with van der Waals surface area (Å²) in [4.78, 5) is 15.4. The van der Waals surface area contributed by atoms with Crippen LogP contribution < -0.4 is 5.32 Å². The molecule has 0 aliphatic carbocycles. The number of nitrogens with one attached hydrogen (secondary N) is 1. The van der Waals surface area contributed by atoms with E-state index in [4.69, 9.17) is 4.74 Å². The smallest absolute Gasteiger partial charge is 0.167 e. The van der Waals surface area contributed by atoms with E-state index in [0.29, 0.717) is 36.6 Å². The summed E-state index contributed by atoms with van der Waals surface area (Å²) in [7, 11) is 0. The molecule has 0 saturated carbocycles. The Labute approximate surface area is 163 Å². The molecular formula is C20H24N6O2. The second kappa shape index (κ2) is 8.47. The quantitative estimate of drug-likeness (QED) is 0.605. The number of anilines is 1. The van der Waals surface area contributed by atoms with E-state index in [-0.39, 0.29) is 18.9 Å². The number of benzene rings is 1. The fraction of sp³-hybridized carbons (Fsp3) is 0.350. The first-order valence-corrected chi connectivity index (χ1v) is 9.33. The van der Waals surface area contributed by atoms with Crippen molar-refractivity contribution in [2.75, 3.05) is 31.6 Å². The number of hydrogen-bond donors (Lipinski definition) is 2. The van der Waals surface area contributed by atoms with Crippen LogP contribution in [0.3, 0.4) is 0 Å². The lowest BCUT2D eigenvalue weighted by molar-refractivity contribution is -0.135. The van der Waals surface area contributed by atoms with Crippen LogP contribution in [0.1, 0.15) is 11.8 Å². The Morgan fingerprint density at radius 2 is 2.07 bits per heavy atom. The van der Waals surface area contributed by atoms with Gasteiger partial charge in [-0.05, 0) is 5.56 Å². The van der Waals surface area contributed by atoms with Gasteiger partial charge in [0.1, 0.15) is 12.6 Å². The molecule has 1 aliphatic heterocycles. The van der Waals surface area contributed by atoms with Crippen LogP contribution in [0.2, 0.25) is 0 Å². The average molecular weight is 380 g/mol. The molecule has 3 heterocycles. The number of imidazole rings is 1. The van der Waals surface area contributed by atoms with Gasteiger partial charge < -0.3 is 15.2 Å². The van der Waals surface area contributed by atoms with Crippen LogP contribution in [-0.2, 0) is 11.3 Å². The highest BCUT2D eigenvalue weighted by molar-refractivity contribution is 5.82. The molecule has 8 heteroatoms. The molecule has 0 radical (unpaired) electrons. The zero-order valence-electron chi connectivity index (χ0n) is 15.6. The van der Waals surface area contributed by atoms with Gasteiger partial charge in [-0.2, -0.15) is 0 Å². The van der Waals surface area contributed by atoms with Gasteiger partial charge in [0.2, 0.25) is 0 Å². The number of ether oxygens (including phenoxy) is 1. The standard InChI is InChI=1S/C20H24N6O2/c1-2-8-21-19-18-20(23-13-22-19)26(14-24-18)17-11-25(10-16(12-27)28-17)9-15-6-4-3-5-7-15/h2-7,13-14,16-17,27H,1,8-12H2,(H,21,22,23)/t16-,17+/m0/s1. The fourth-order valence-electron chi connectivity index (χ4n) is 3.48. The van der Waals surface area contributed by atoms with Gasteiger partial charge >= 0.3 is 0 Å². The molecule has 0 unspecified atom stereocenters. The zero-order chi connectivity index (χ0) is 19.3. The van der Waals surface area contributed by atoms with Crippen molar-refractivity contribution in [3.63, 3.8) is 0 Å². The van der Waals surface area contributed by atoms with Crippen molar-refractivity contribution in [1.29, 1.82) is 0 Å². The van der Waals surface area contributed by atoms with E-state index >= 15 is 0 Å². The molecule has 3 aromatic rings. The van der Waals surface area contributed by atoms with Gasteiger partial charge in [0.05, 0.1) is 19.0 Å². The summed E-state index contributed by atoms with van der Waals surface area (Å²) in [5.41, 5.74) is 2.62. The monoisotopic (exact) mass is 380 g/mol. The van der Waals surface area contributed by atoms with E-state index in [1.807, 2.05) is 22.8 Å². The lowest BCUT2D eigenvalue weighted by Crippen LogP contribution is -2.46. The van der Waals surface area contributed by atoms with Crippen molar-refractivity contribution in [2.45, 2.75) is 18.9 Å². The van der Waals surface area contributed by atoms with E-state index in [2.05, 4.69) is 43.9 Å². The van der Waals surface area contributed by atoms with Gasteiger partial charge in [-0.25, -0.2) is 15.0 Å². The highest BCUT2D eigenvalue weighted by Gasteiger charge is 2.30. The van der Waals surface area contributed by atoms with Crippen molar-refractivity contribution in [2.24, 2.45) is 0 Å². The summed E-state index contributed by atoms with van der Waals surface area (Å²) < 4.78 is 8.02. The SMILES string of the molecule is C=CCNc1ncnc2c1ncn2[C@H]1CN(Cc2ccccc2)C[C@@H](CO)O1. The minimum absolute atomic E-state index is 0.0322. The predicted molar refractivity (Wildman–Crippen MR) is 107 cm³/mol. The van der Waals surface area contributed by atoms with E-state index in [1.54, 1.807) is 12.4 Å². The molecule has 4 rings (SSSR count). The van der Waals surface area contributed by atoms with Crippen molar-refractivity contribution in [1.82, 2.24) is 24.4 Å². The van der Waals surface area contributed by atoms with Crippen LogP contribution in [0, 0.1) is 0 Å². The Morgan fingerprint density at radius 3 is 2.86 bits per heavy atom. The minimum atomic E-state index is -0.290. The van der Waals surface area contributed by atoms with Gasteiger partial charge in [0.15, 0.2) is 17.0 Å². The van der Waals surface area contributed by atoms with Gasteiger partial charge in [-0.1, -0.05) is 36.4 Å². The molecule has 1 aromatic carbocycles. The molecule has 0 bridgehead atoms. The lowest BCUT2D eigenvalue weighted by Gasteiger charge is -2.37. The van der Waals surface area contributed by atoms with E-state index in [0.717, 1.165) is 6.54 Å². The molecule has 146 valence electrons. The van der Waals surface area contributed by atoms with Gasteiger partial charge in [0, 0.05) is 26.2 Å². The molecule has 8 nitrogen and oxygen atoms in total. The number of rotatable bonds is 7. The topological polar surface area (TPSA) is 88.3 Å². The van der Waals surface area contributed by atoms with E-state index < -0.39 is 0 Å². The molecule has 2 N–H and O–H groups in total. The summed E-state index contributed by atoms with van der Waals surface area (Å²) in [5.74, 6) is 0.666. The van der Waals surface area contributed by atoms with Gasteiger partial charge in [-0.15, -0.1) is 6.58 Å². The van der Waals surface area contributed by atoms with Crippen LogP contribution >= 0.6 is 0 Å². The largest absolute Gasteiger partial charge is 0.394 e. The van der Waals surface area contributed by atoms with Gasteiger partial charge in [-0.3, -0.25) is 9.47 Å². The van der Waals surface area contributed by atoms with Gasteiger partial charge in [0.25, 0.3) is 0 Å². The third kappa shape index (κ3) is 3.89. The maximum absolute atomic E-state index is 9.72. The first-order chi connectivity index (χ1) is 13.8. The van der Waals surface area contributed by atoms with Crippen LogP contribution in [-0.4, -0.2) is 61.9 Å². The Balaban J connectivity index is 1.59. The van der Waals surface area contributed by atoms with Crippen molar-refractivity contribution < 1.29 is 9.84 Å². The predicted octanol–water partition coefficient (Wildman–Crippen LogP) is 1.82. The van der Waals surface area contributed by atoms with Crippen LogP contribution in [0.15, 0.2) is 55.6 Å². The molecular weight excluding hydrogens is 356 g/mol. The normalized spacial score (nSPS) is 20.3. The summed E-state index contributed by atoms with van der Waals surface area (Å²) in [6.45, 7) is 6.43. The first kappa shape index (κ1) is 18.5. The Hall–Kier alpha value is -2.81. The van der Waals surface area contributed by atoms with Crippen LogP contribution in [0.25, 0.3) is 11.2 Å². The highest BCUT2D eigenvalue weighted by atomic mass is 16.5. The van der Waals surface area contributed by atoms with Crippen molar-refractivity contribution in [3.8, 4) is 0 Å². The Bertz CT molecular complexity index is 929. The third-order valence-electron chi connectivity index (χ3n) is 4.76. The Kier molecular flexibility index (Phi) is 5.61. The summed E-state index contributed by atoms with van der Waals surface area (Å²) in [6.07, 6.45) is 4.45. The van der Waals surface area contributed by atoms with Crippen LogP contribution in [0.4, 0.5) is 5.82 Å². The lowest BCUT2D eigenvalue weighted by atomic mass is 10.2. The average Bonchev–Trinajstić information content (AvgIpc) is 3.17. The maximum atomic E-state index is 9.72. The number of aromatic nitrogens is 4. The third-order valence-corrected chi connectivity index (χ3v) is 4.76. The number of morpholine rings is 1. The molecule has 1 fully saturated rings. The second-order valence-corrected chi connectivity index (χ2v) is 6.79. The zero-order valence-corrected chi connectivity index (χ0v) is 15.6. The van der Waals surface area contributed by atoms with Crippen molar-refractivity contribution in [3.05, 3.63) is 61.2 Å². The fourth-order valence-corrected chi connectivity index (χ4v) is 3.48. The summed E-state index contributed by atoms with van der Waals surface area (Å²) in [6, 6.07) is 10.3. The molecule has 1 aliphatic rings. The molecule has 0 spiro atoms. The number of hydrogen-bond acceptors (Lipinski definition) is 7. The second-order valence-electron chi connectivity index (χ2n) is 6.79. The van der Waals surface area contributed by atoms with E-state index in [9.17, 15) is 5.11 Å².